The highest BCUT2D eigenvalue weighted by molar-refractivity contribution is 5.62. The van der Waals surface area contributed by atoms with Gasteiger partial charge >= 0.3 is 0 Å². The van der Waals surface area contributed by atoms with E-state index in [1.54, 1.807) is 0 Å². The van der Waals surface area contributed by atoms with Gasteiger partial charge in [0.05, 0.1) is 4.92 Å². The largest absolute Gasteiger partial charge is 0.377 e. The van der Waals surface area contributed by atoms with Crippen molar-refractivity contribution in [2.24, 2.45) is 0 Å². The second-order valence-corrected chi connectivity index (χ2v) is 4.53. The van der Waals surface area contributed by atoms with Crippen molar-refractivity contribution in [3.63, 3.8) is 0 Å². The molecule has 0 amide bonds. The first-order valence-corrected chi connectivity index (χ1v) is 6.50. The predicted octanol–water partition coefficient (Wildman–Crippen LogP) is 3.92. The van der Waals surface area contributed by atoms with Crippen molar-refractivity contribution in [1.82, 2.24) is 0 Å². The highest BCUT2D eigenvalue weighted by atomic mass is 19.2. The first kappa shape index (κ1) is 14.9. The number of anilines is 1. The van der Waals surface area contributed by atoms with Gasteiger partial charge in [0, 0.05) is 12.6 Å². The van der Waals surface area contributed by atoms with Gasteiger partial charge in [0.2, 0.25) is 0 Å². The van der Waals surface area contributed by atoms with E-state index in [9.17, 15) is 18.9 Å². The van der Waals surface area contributed by atoms with Crippen LogP contribution in [-0.2, 0) is 6.42 Å². The van der Waals surface area contributed by atoms with Gasteiger partial charge in [-0.25, -0.2) is 8.78 Å². The fraction of sp³-hybridized carbons (Fsp3) is 0.200. The molecule has 4 nitrogen and oxygen atoms in total. The Balaban J connectivity index is 1.99. The van der Waals surface area contributed by atoms with Crippen LogP contribution in [-0.4, -0.2) is 11.5 Å². The third kappa shape index (κ3) is 3.75. The number of hydrogen-bond donors (Lipinski definition) is 1. The lowest BCUT2D eigenvalue weighted by atomic mass is 10.1. The normalized spacial score (nSPS) is 10.4. The first-order chi connectivity index (χ1) is 10.1. The number of halogens is 2. The van der Waals surface area contributed by atoms with E-state index in [-0.39, 0.29) is 0 Å². The maximum atomic E-state index is 13.6. The van der Waals surface area contributed by atoms with E-state index in [0.29, 0.717) is 13.0 Å². The van der Waals surface area contributed by atoms with E-state index in [1.807, 2.05) is 30.3 Å². The van der Waals surface area contributed by atoms with Gasteiger partial charge in [-0.2, -0.15) is 0 Å². The molecule has 2 rings (SSSR count). The van der Waals surface area contributed by atoms with E-state index in [4.69, 9.17) is 0 Å². The molecule has 1 N–H and O–H groups in total. The van der Waals surface area contributed by atoms with Gasteiger partial charge in [0.25, 0.3) is 5.69 Å². The van der Waals surface area contributed by atoms with Gasteiger partial charge in [-0.05, 0) is 24.5 Å². The molecule has 0 fully saturated rings. The molecule has 21 heavy (non-hydrogen) atoms. The van der Waals surface area contributed by atoms with Crippen LogP contribution in [0.2, 0.25) is 0 Å². The summed E-state index contributed by atoms with van der Waals surface area (Å²) in [6.07, 6.45) is 1.40. The standard InChI is InChI=1S/C15H14F2N2O2/c16-12-8-9-13(19(20)21)15(14(12)17)18-10-4-7-11-5-2-1-3-6-11/h1-3,5-6,8-9,18H,4,7,10H2. The van der Waals surface area contributed by atoms with Crippen molar-refractivity contribution in [2.75, 3.05) is 11.9 Å². The third-order valence-corrected chi connectivity index (χ3v) is 3.06. The Morgan fingerprint density at radius 1 is 1.10 bits per heavy atom. The van der Waals surface area contributed by atoms with Crippen LogP contribution >= 0.6 is 0 Å². The number of aryl methyl sites for hydroxylation is 1. The van der Waals surface area contributed by atoms with Crippen molar-refractivity contribution in [3.8, 4) is 0 Å². The SMILES string of the molecule is O=[N+]([O-])c1ccc(F)c(F)c1NCCCc1ccccc1. The van der Waals surface area contributed by atoms with Gasteiger partial charge in [0.15, 0.2) is 17.3 Å². The van der Waals surface area contributed by atoms with Crippen LogP contribution < -0.4 is 5.32 Å². The zero-order chi connectivity index (χ0) is 15.2. The number of benzene rings is 2. The molecular formula is C15H14F2N2O2. The summed E-state index contributed by atoms with van der Waals surface area (Å²) in [6, 6.07) is 11.4. The second-order valence-electron chi connectivity index (χ2n) is 4.53. The Kier molecular flexibility index (Phi) is 4.81. The Labute approximate surface area is 120 Å². The summed E-state index contributed by atoms with van der Waals surface area (Å²) in [7, 11) is 0. The van der Waals surface area contributed by atoms with Crippen molar-refractivity contribution < 1.29 is 13.7 Å². The minimum absolute atomic E-state index is 0.316. The first-order valence-electron chi connectivity index (χ1n) is 6.50. The molecule has 0 aromatic heterocycles. The molecule has 0 radical (unpaired) electrons. The number of nitrogens with one attached hydrogen (secondary N) is 1. The van der Waals surface area contributed by atoms with Crippen LogP contribution in [0.5, 0.6) is 0 Å². The molecule has 2 aromatic rings. The monoisotopic (exact) mass is 292 g/mol. The van der Waals surface area contributed by atoms with Gasteiger partial charge in [-0.1, -0.05) is 30.3 Å². The van der Waals surface area contributed by atoms with Gasteiger partial charge < -0.3 is 5.32 Å². The molecule has 0 saturated carbocycles. The molecular weight excluding hydrogens is 278 g/mol. The minimum Gasteiger partial charge on any atom is -0.377 e. The van der Waals surface area contributed by atoms with Crippen LogP contribution in [0.1, 0.15) is 12.0 Å². The van der Waals surface area contributed by atoms with Crippen LogP contribution in [0.4, 0.5) is 20.2 Å². The highest BCUT2D eigenvalue weighted by Gasteiger charge is 2.20. The van der Waals surface area contributed by atoms with Crippen LogP contribution in [0.15, 0.2) is 42.5 Å². The second kappa shape index (κ2) is 6.78. The van der Waals surface area contributed by atoms with Gasteiger partial charge in [-0.3, -0.25) is 10.1 Å². The third-order valence-electron chi connectivity index (χ3n) is 3.06. The Morgan fingerprint density at radius 2 is 1.81 bits per heavy atom. The fourth-order valence-corrected chi connectivity index (χ4v) is 2.01. The van der Waals surface area contributed by atoms with E-state index in [2.05, 4.69) is 5.32 Å². The lowest BCUT2D eigenvalue weighted by Gasteiger charge is -2.08. The molecule has 2 aromatic carbocycles. The molecule has 0 bridgehead atoms. The number of nitro benzene ring substituents is 1. The molecule has 110 valence electrons. The lowest BCUT2D eigenvalue weighted by molar-refractivity contribution is -0.384. The average Bonchev–Trinajstić information content (AvgIpc) is 2.48. The average molecular weight is 292 g/mol. The summed E-state index contributed by atoms with van der Waals surface area (Å²) in [5.74, 6) is -2.32. The Morgan fingerprint density at radius 3 is 2.48 bits per heavy atom. The molecule has 0 spiro atoms. The summed E-state index contributed by atoms with van der Waals surface area (Å²) in [4.78, 5) is 10.1. The summed E-state index contributed by atoms with van der Waals surface area (Å²) in [5, 5.41) is 13.4. The van der Waals surface area contributed by atoms with E-state index < -0.39 is 27.9 Å². The highest BCUT2D eigenvalue weighted by Crippen LogP contribution is 2.28. The zero-order valence-electron chi connectivity index (χ0n) is 11.2. The van der Waals surface area contributed by atoms with Crippen LogP contribution in [0.3, 0.4) is 0 Å². The van der Waals surface area contributed by atoms with Crippen molar-refractivity contribution >= 4 is 11.4 Å². The molecule has 6 heteroatoms. The van der Waals surface area contributed by atoms with Gasteiger partial charge in [0.1, 0.15) is 0 Å². The summed E-state index contributed by atoms with van der Waals surface area (Å²) in [6.45, 7) is 0.316. The summed E-state index contributed by atoms with van der Waals surface area (Å²) >= 11 is 0. The summed E-state index contributed by atoms with van der Waals surface area (Å²) < 4.78 is 26.8. The number of nitrogens with zero attached hydrogens (tertiary/aromatic N) is 1. The molecule has 0 saturated heterocycles. The molecule has 0 heterocycles. The van der Waals surface area contributed by atoms with E-state index >= 15 is 0 Å². The van der Waals surface area contributed by atoms with Crippen LogP contribution in [0.25, 0.3) is 0 Å². The van der Waals surface area contributed by atoms with E-state index in [0.717, 1.165) is 24.1 Å². The minimum atomic E-state index is -1.22. The zero-order valence-corrected chi connectivity index (χ0v) is 11.2. The quantitative estimate of drug-likeness (QED) is 0.499. The Hall–Kier alpha value is -2.50. The van der Waals surface area contributed by atoms with E-state index in [1.165, 1.54) is 0 Å². The lowest BCUT2D eigenvalue weighted by Crippen LogP contribution is -2.08. The predicted molar refractivity (Wildman–Crippen MR) is 76.3 cm³/mol. The van der Waals surface area contributed by atoms with Crippen molar-refractivity contribution in [2.45, 2.75) is 12.8 Å². The molecule has 0 atom stereocenters. The smallest absolute Gasteiger partial charge is 0.295 e. The van der Waals surface area contributed by atoms with Crippen molar-refractivity contribution in [1.29, 1.82) is 0 Å². The number of hydrogen-bond acceptors (Lipinski definition) is 3. The summed E-state index contributed by atoms with van der Waals surface area (Å²) in [5.41, 5.74) is 0.259. The number of rotatable bonds is 6. The van der Waals surface area contributed by atoms with Crippen molar-refractivity contribution in [3.05, 3.63) is 69.8 Å². The molecule has 0 unspecified atom stereocenters. The molecule has 0 aliphatic carbocycles. The molecule has 0 aliphatic heterocycles. The maximum absolute atomic E-state index is 13.6. The number of nitro groups is 1. The topological polar surface area (TPSA) is 55.2 Å². The molecule has 0 aliphatic rings. The maximum Gasteiger partial charge on any atom is 0.295 e. The Bertz CT molecular complexity index is 633. The van der Waals surface area contributed by atoms with Crippen LogP contribution in [0, 0.1) is 21.7 Å². The van der Waals surface area contributed by atoms with Gasteiger partial charge in [-0.15, -0.1) is 0 Å². The fourth-order valence-electron chi connectivity index (χ4n) is 2.01.